The highest BCUT2D eigenvalue weighted by Crippen LogP contribution is 2.22. The van der Waals surface area contributed by atoms with Crippen molar-refractivity contribution in [2.24, 2.45) is 0 Å². The first-order chi connectivity index (χ1) is 13.8. The molecule has 0 saturated carbocycles. The first-order valence-corrected chi connectivity index (χ1v) is 11.7. The molecule has 2 fully saturated rings. The van der Waals surface area contributed by atoms with Crippen LogP contribution in [0.15, 0.2) is 29.2 Å². The number of piperazine rings is 1. The van der Waals surface area contributed by atoms with E-state index in [0.717, 1.165) is 16.9 Å². The van der Waals surface area contributed by atoms with E-state index < -0.39 is 10.0 Å². The third kappa shape index (κ3) is 4.46. The van der Waals surface area contributed by atoms with E-state index in [1.54, 1.807) is 19.1 Å². The Balaban J connectivity index is 1.62. The van der Waals surface area contributed by atoms with Gasteiger partial charge in [0.1, 0.15) is 0 Å². The molecule has 8 nitrogen and oxygen atoms in total. The second-order valence-electron chi connectivity index (χ2n) is 7.88. The van der Waals surface area contributed by atoms with Crippen molar-refractivity contribution in [3.05, 3.63) is 29.8 Å². The van der Waals surface area contributed by atoms with E-state index in [1.807, 2.05) is 12.1 Å². The summed E-state index contributed by atoms with van der Waals surface area (Å²) in [5, 5.41) is 2.64. The van der Waals surface area contributed by atoms with Crippen LogP contribution in [-0.2, 0) is 14.8 Å². The lowest BCUT2D eigenvalue weighted by Crippen LogP contribution is -3.19. The van der Waals surface area contributed by atoms with Gasteiger partial charge in [0.2, 0.25) is 10.0 Å². The number of imide groups is 1. The molecule has 0 unspecified atom stereocenters. The van der Waals surface area contributed by atoms with E-state index in [0.29, 0.717) is 50.1 Å². The van der Waals surface area contributed by atoms with E-state index in [4.69, 9.17) is 0 Å². The predicted molar refractivity (Wildman–Crippen MR) is 109 cm³/mol. The largest absolute Gasteiger partial charge is 0.336 e. The summed E-state index contributed by atoms with van der Waals surface area (Å²) >= 11 is 0. The Labute approximate surface area is 172 Å². The average molecular weight is 424 g/mol. The molecule has 160 valence electrons. The smallest absolute Gasteiger partial charge is 0.324 e. The number of carbonyl (C=O) groups is 2. The van der Waals surface area contributed by atoms with Crippen LogP contribution in [0.5, 0.6) is 0 Å². The summed E-state index contributed by atoms with van der Waals surface area (Å²) in [5.41, 5.74) is 1.14. The summed E-state index contributed by atoms with van der Waals surface area (Å²) in [6.45, 7) is 8.69. The van der Waals surface area contributed by atoms with Gasteiger partial charge in [-0.3, -0.25) is 9.69 Å². The lowest BCUT2D eigenvalue weighted by molar-refractivity contribution is -0.917. The van der Waals surface area contributed by atoms with Crippen LogP contribution in [0.2, 0.25) is 0 Å². The zero-order valence-corrected chi connectivity index (χ0v) is 18.2. The van der Waals surface area contributed by atoms with Gasteiger partial charge in [0.25, 0.3) is 5.91 Å². The monoisotopic (exact) mass is 423 g/mol. The Morgan fingerprint density at radius 1 is 1.14 bits per heavy atom. The minimum absolute atomic E-state index is 0.202. The maximum atomic E-state index is 13.0. The van der Waals surface area contributed by atoms with E-state index in [-0.39, 0.29) is 18.0 Å². The van der Waals surface area contributed by atoms with Gasteiger partial charge in [-0.05, 0) is 37.0 Å². The minimum atomic E-state index is -3.54. The van der Waals surface area contributed by atoms with Crippen LogP contribution in [-0.4, -0.2) is 74.9 Å². The normalized spacial score (nSPS) is 21.1. The van der Waals surface area contributed by atoms with Crippen LogP contribution in [0.1, 0.15) is 38.7 Å². The van der Waals surface area contributed by atoms with Gasteiger partial charge >= 0.3 is 6.03 Å². The number of nitrogens with one attached hydrogen (secondary N) is 2. The molecule has 0 radical (unpaired) electrons. The molecule has 9 heteroatoms. The molecule has 29 heavy (non-hydrogen) atoms. The molecule has 0 aliphatic carbocycles. The predicted octanol–water partition coefficient (Wildman–Crippen LogP) is 0.0296. The van der Waals surface area contributed by atoms with Gasteiger partial charge in [-0.25, -0.2) is 13.2 Å². The Morgan fingerprint density at radius 2 is 1.76 bits per heavy atom. The first kappa shape index (κ1) is 21.7. The molecule has 2 saturated heterocycles. The zero-order chi connectivity index (χ0) is 21.2. The second-order valence-corrected chi connectivity index (χ2v) is 9.82. The Hall–Kier alpha value is -1.97. The fraction of sp³-hybridized carbons (Fsp3) is 0.600. The molecule has 3 amide bonds. The number of hydrogen-bond acceptors (Lipinski definition) is 4. The number of amides is 3. The Kier molecular flexibility index (Phi) is 6.60. The molecule has 2 atom stereocenters. The maximum Gasteiger partial charge on any atom is 0.324 e. The Bertz CT molecular complexity index is 848. The maximum absolute atomic E-state index is 13.0. The molecule has 2 N–H and O–H groups in total. The van der Waals surface area contributed by atoms with Gasteiger partial charge in [-0.1, -0.05) is 26.0 Å². The third-order valence-electron chi connectivity index (χ3n) is 6.17. The van der Waals surface area contributed by atoms with Crippen molar-refractivity contribution >= 4 is 22.0 Å². The van der Waals surface area contributed by atoms with E-state index in [1.165, 1.54) is 9.21 Å². The van der Waals surface area contributed by atoms with Crippen molar-refractivity contribution in [2.75, 3.05) is 39.3 Å². The van der Waals surface area contributed by atoms with Gasteiger partial charge in [-0.2, -0.15) is 4.31 Å². The summed E-state index contributed by atoms with van der Waals surface area (Å²) in [7, 11) is -3.54. The van der Waals surface area contributed by atoms with Crippen molar-refractivity contribution in [3.63, 3.8) is 0 Å². The highest BCUT2D eigenvalue weighted by molar-refractivity contribution is 7.89. The number of sulfonamides is 1. The molecule has 2 aliphatic heterocycles. The molecular formula is C20H31N4O4S+. The standard InChI is InChI=1S/C20H30N4O4S/c1-4-15(2)17-5-7-18(8-6-17)29(27,28)23-13-11-22(12-14-23)16(3)19(25)24-10-9-21-20(24)26/h5-8,15-16H,4,9-14H2,1-3H3,(H,21,26)/p+1/t15-,16-/m0/s1. The van der Waals surface area contributed by atoms with Gasteiger partial charge in [0.15, 0.2) is 6.04 Å². The van der Waals surface area contributed by atoms with Gasteiger partial charge < -0.3 is 10.2 Å². The van der Waals surface area contributed by atoms with Crippen LogP contribution < -0.4 is 10.2 Å². The third-order valence-corrected chi connectivity index (χ3v) is 8.08. The van der Waals surface area contributed by atoms with Gasteiger partial charge in [-0.15, -0.1) is 0 Å². The summed E-state index contributed by atoms with van der Waals surface area (Å²) in [5.74, 6) is 0.197. The van der Waals surface area contributed by atoms with Crippen molar-refractivity contribution < 1.29 is 22.9 Å². The number of urea groups is 1. The van der Waals surface area contributed by atoms with Crippen molar-refractivity contribution in [1.82, 2.24) is 14.5 Å². The van der Waals surface area contributed by atoms with E-state index in [9.17, 15) is 18.0 Å². The lowest BCUT2D eigenvalue weighted by Gasteiger charge is -2.34. The SMILES string of the molecule is CC[C@H](C)c1ccc(S(=O)(=O)N2CC[NH+]([C@@H](C)C(=O)N3CCNC3=O)CC2)cc1. The highest BCUT2D eigenvalue weighted by atomic mass is 32.2. The number of benzene rings is 1. The number of carbonyl (C=O) groups excluding carboxylic acids is 2. The molecule has 2 aliphatic rings. The van der Waals surface area contributed by atoms with Crippen LogP contribution in [0.4, 0.5) is 4.79 Å². The van der Waals surface area contributed by atoms with Crippen LogP contribution in [0.25, 0.3) is 0 Å². The fourth-order valence-corrected chi connectivity index (χ4v) is 5.33. The molecular weight excluding hydrogens is 392 g/mol. The molecule has 1 aromatic rings. The summed E-state index contributed by atoms with van der Waals surface area (Å²) in [6, 6.07) is 6.44. The zero-order valence-electron chi connectivity index (χ0n) is 17.3. The van der Waals surface area contributed by atoms with Gasteiger partial charge in [0, 0.05) is 13.1 Å². The minimum Gasteiger partial charge on any atom is -0.336 e. The molecule has 0 spiro atoms. The Morgan fingerprint density at radius 3 is 2.28 bits per heavy atom. The fourth-order valence-electron chi connectivity index (χ4n) is 3.89. The van der Waals surface area contributed by atoms with Crippen LogP contribution in [0.3, 0.4) is 0 Å². The average Bonchev–Trinajstić information content (AvgIpc) is 3.18. The van der Waals surface area contributed by atoms with Crippen LogP contribution >= 0.6 is 0 Å². The van der Waals surface area contributed by atoms with E-state index >= 15 is 0 Å². The molecule has 0 aromatic heterocycles. The number of quaternary nitrogens is 1. The molecule has 0 bridgehead atoms. The summed E-state index contributed by atoms with van der Waals surface area (Å²) in [6.07, 6.45) is 1.01. The first-order valence-electron chi connectivity index (χ1n) is 10.3. The number of hydrogen-bond donors (Lipinski definition) is 2. The topological polar surface area (TPSA) is 91.2 Å². The van der Waals surface area contributed by atoms with E-state index in [2.05, 4.69) is 19.2 Å². The van der Waals surface area contributed by atoms with Gasteiger partial charge in [0.05, 0.1) is 31.1 Å². The second kappa shape index (κ2) is 8.81. The number of rotatable bonds is 6. The highest BCUT2D eigenvalue weighted by Gasteiger charge is 2.38. The summed E-state index contributed by atoms with van der Waals surface area (Å²) in [4.78, 5) is 26.9. The quantitative estimate of drug-likeness (QED) is 0.675. The lowest BCUT2D eigenvalue weighted by atomic mass is 9.99. The molecule has 2 heterocycles. The summed E-state index contributed by atoms with van der Waals surface area (Å²) < 4.78 is 27.5. The molecule has 1 aromatic carbocycles. The van der Waals surface area contributed by atoms with Crippen molar-refractivity contribution in [2.45, 2.75) is 44.0 Å². The van der Waals surface area contributed by atoms with Crippen molar-refractivity contribution in [1.29, 1.82) is 0 Å². The number of nitrogens with zero attached hydrogens (tertiary/aromatic N) is 2. The molecule has 3 rings (SSSR count). The van der Waals surface area contributed by atoms with Crippen molar-refractivity contribution in [3.8, 4) is 0 Å². The van der Waals surface area contributed by atoms with Crippen LogP contribution in [0, 0.1) is 0 Å².